The highest BCUT2D eigenvalue weighted by atomic mass is 32.1. The number of oxazole rings is 1. The second kappa shape index (κ2) is 5.88. The summed E-state index contributed by atoms with van der Waals surface area (Å²) in [5.74, 6) is 0.758. The van der Waals surface area contributed by atoms with E-state index in [0.29, 0.717) is 23.8 Å². The maximum absolute atomic E-state index is 11.7. The van der Waals surface area contributed by atoms with Gasteiger partial charge in [0.2, 0.25) is 11.7 Å². The Bertz CT molecular complexity index is 573. The highest BCUT2D eigenvalue weighted by molar-refractivity contribution is 7.13. The third-order valence-corrected chi connectivity index (χ3v) is 3.48. The third kappa shape index (κ3) is 2.63. The Morgan fingerprint density at radius 2 is 2.26 bits per heavy atom. The monoisotopic (exact) mass is 281 g/mol. The Hall–Kier alpha value is -1.82. The molecule has 19 heavy (non-hydrogen) atoms. The van der Waals surface area contributed by atoms with Crippen LogP contribution in [0.2, 0.25) is 0 Å². The van der Waals surface area contributed by atoms with Crippen LogP contribution in [0, 0.1) is 0 Å². The van der Waals surface area contributed by atoms with Crippen molar-refractivity contribution in [2.75, 3.05) is 14.2 Å². The fourth-order valence-electron chi connectivity index (χ4n) is 1.72. The molecule has 0 aliphatic carbocycles. The van der Waals surface area contributed by atoms with Gasteiger partial charge >= 0.3 is 5.97 Å². The molecule has 2 rings (SSSR count). The Morgan fingerprint density at radius 1 is 1.47 bits per heavy atom. The maximum Gasteiger partial charge on any atom is 0.376 e. The molecule has 0 aromatic carbocycles. The second-order valence-corrected chi connectivity index (χ2v) is 4.77. The van der Waals surface area contributed by atoms with Crippen LogP contribution in [-0.2, 0) is 11.2 Å². The average Bonchev–Trinajstić information content (AvgIpc) is 3.03. The fraction of sp³-hybridized carbons (Fsp3) is 0.385. The molecule has 0 aliphatic rings. The van der Waals surface area contributed by atoms with Gasteiger partial charge in [0.15, 0.2) is 0 Å². The van der Waals surface area contributed by atoms with Gasteiger partial charge in [-0.3, -0.25) is 0 Å². The van der Waals surface area contributed by atoms with Crippen LogP contribution in [0.1, 0.15) is 29.6 Å². The lowest BCUT2D eigenvalue weighted by Gasteiger charge is -1.97. The largest absolute Gasteiger partial charge is 0.495 e. The van der Waals surface area contributed by atoms with E-state index >= 15 is 0 Å². The zero-order valence-corrected chi connectivity index (χ0v) is 11.9. The molecule has 0 spiro atoms. The molecule has 0 aliphatic heterocycles. The van der Waals surface area contributed by atoms with Crippen molar-refractivity contribution in [2.24, 2.45) is 0 Å². The van der Waals surface area contributed by atoms with E-state index in [4.69, 9.17) is 13.9 Å². The summed E-state index contributed by atoms with van der Waals surface area (Å²) in [5.41, 5.74) is 0.625. The summed E-state index contributed by atoms with van der Waals surface area (Å²) in [4.78, 5) is 16.8. The van der Waals surface area contributed by atoms with Gasteiger partial charge in [0.25, 0.3) is 0 Å². The summed E-state index contributed by atoms with van der Waals surface area (Å²) in [6, 6.07) is 1.83. The lowest BCUT2D eigenvalue weighted by molar-refractivity contribution is 0.0564. The van der Waals surface area contributed by atoms with Crippen LogP contribution in [-0.4, -0.2) is 25.2 Å². The molecule has 2 aromatic heterocycles. The highest BCUT2D eigenvalue weighted by Crippen LogP contribution is 2.35. The number of ether oxygens (including phenoxy) is 2. The molecule has 0 saturated carbocycles. The minimum atomic E-state index is -0.502. The van der Waals surface area contributed by atoms with Crippen molar-refractivity contribution in [1.82, 2.24) is 4.98 Å². The topological polar surface area (TPSA) is 61.6 Å². The molecular weight excluding hydrogens is 266 g/mol. The number of aryl methyl sites for hydroxylation is 1. The molecular formula is C13H15NO4S. The van der Waals surface area contributed by atoms with Crippen molar-refractivity contribution in [1.29, 1.82) is 0 Å². The molecule has 102 valence electrons. The number of carbonyl (C=O) groups excluding carboxylic acids is 1. The fourth-order valence-corrected chi connectivity index (χ4v) is 2.50. The van der Waals surface area contributed by atoms with Crippen LogP contribution in [0.15, 0.2) is 15.9 Å². The van der Waals surface area contributed by atoms with E-state index in [1.807, 2.05) is 18.4 Å². The zero-order valence-electron chi connectivity index (χ0n) is 11.1. The van der Waals surface area contributed by atoms with Gasteiger partial charge in [0.1, 0.15) is 10.6 Å². The van der Waals surface area contributed by atoms with Gasteiger partial charge in [-0.15, -0.1) is 11.3 Å². The predicted molar refractivity (Wildman–Crippen MR) is 71.7 cm³/mol. The van der Waals surface area contributed by atoms with E-state index in [9.17, 15) is 4.79 Å². The summed E-state index contributed by atoms with van der Waals surface area (Å²) in [7, 11) is 2.91. The smallest absolute Gasteiger partial charge is 0.376 e. The molecule has 0 fully saturated rings. The number of nitrogens with zero attached hydrogens (tertiary/aromatic N) is 1. The van der Waals surface area contributed by atoms with Crippen LogP contribution in [0.25, 0.3) is 10.8 Å². The van der Waals surface area contributed by atoms with Gasteiger partial charge in [-0.2, -0.15) is 0 Å². The minimum absolute atomic E-state index is 0.176. The lowest BCUT2D eigenvalue weighted by Crippen LogP contribution is -2.03. The minimum Gasteiger partial charge on any atom is -0.495 e. The number of hydrogen-bond acceptors (Lipinski definition) is 6. The van der Waals surface area contributed by atoms with Crippen LogP contribution in [0.3, 0.4) is 0 Å². The molecule has 2 aromatic rings. The quantitative estimate of drug-likeness (QED) is 0.788. The standard InChI is InChI=1S/C13H15NO4S/c1-4-5-8-10(13(15)17-3)18-12(14-8)11-9(16-2)6-7-19-11/h6-7H,4-5H2,1-3H3. The summed E-state index contributed by atoms with van der Waals surface area (Å²) in [6.07, 6.45) is 1.54. The molecule has 5 nitrogen and oxygen atoms in total. The molecule has 0 bridgehead atoms. The SMILES string of the molecule is CCCc1nc(-c2sccc2OC)oc1C(=O)OC. The number of rotatable bonds is 5. The maximum atomic E-state index is 11.7. The van der Waals surface area contributed by atoms with Gasteiger partial charge in [-0.1, -0.05) is 13.3 Å². The van der Waals surface area contributed by atoms with Crippen molar-refractivity contribution in [3.8, 4) is 16.5 Å². The number of esters is 1. The first kappa shape index (κ1) is 13.6. The first-order chi connectivity index (χ1) is 9.21. The lowest BCUT2D eigenvalue weighted by atomic mass is 10.2. The number of carbonyl (C=O) groups is 1. The average molecular weight is 281 g/mol. The second-order valence-electron chi connectivity index (χ2n) is 3.85. The van der Waals surface area contributed by atoms with Gasteiger partial charge < -0.3 is 13.9 Å². The molecule has 0 amide bonds. The molecule has 0 radical (unpaired) electrons. The van der Waals surface area contributed by atoms with E-state index in [-0.39, 0.29) is 5.76 Å². The Balaban J connectivity index is 2.45. The van der Waals surface area contributed by atoms with Gasteiger partial charge in [-0.05, 0) is 17.9 Å². The van der Waals surface area contributed by atoms with E-state index in [0.717, 1.165) is 11.3 Å². The molecule has 0 N–H and O–H groups in total. The number of aromatic nitrogens is 1. The van der Waals surface area contributed by atoms with E-state index < -0.39 is 5.97 Å². The van der Waals surface area contributed by atoms with Crippen LogP contribution >= 0.6 is 11.3 Å². The van der Waals surface area contributed by atoms with Crippen molar-refractivity contribution in [2.45, 2.75) is 19.8 Å². The number of methoxy groups -OCH3 is 2. The first-order valence-electron chi connectivity index (χ1n) is 5.91. The van der Waals surface area contributed by atoms with Crippen molar-refractivity contribution in [3.05, 3.63) is 22.9 Å². The van der Waals surface area contributed by atoms with Gasteiger partial charge in [-0.25, -0.2) is 9.78 Å². The third-order valence-electron chi connectivity index (χ3n) is 2.60. The number of hydrogen-bond donors (Lipinski definition) is 0. The normalized spacial score (nSPS) is 10.5. The Morgan fingerprint density at radius 3 is 2.89 bits per heavy atom. The molecule has 0 saturated heterocycles. The summed E-state index contributed by atoms with van der Waals surface area (Å²) in [6.45, 7) is 2.02. The van der Waals surface area contributed by atoms with Crippen molar-refractivity contribution >= 4 is 17.3 Å². The molecule has 6 heteroatoms. The summed E-state index contributed by atoms with van der Waals surface area (Å²) < 4.78 is 15.5. The number of thiophene rings is 1. The molecule has 0 atom stereocenters. The van der Waals surface area contributed by atoms with Gasteiger partial charge in [0, 0.05) is 0 Å². The zero-order chi connectivity index (χ0) is 13.8. The van der Waals surface area contributed by atoms with Crippen LogP contribution in [0.4, 0.5) is 0 Å². The first-order valence-corrected chi connectivity index (χ1v) is 6.79. The Labute approximate surface area is 115 Å². The van der Waals surface area contributed by atoms with E-state index in [1.54, 1.807) is 7.11 Å². The Kier molecular flexibility index (Phi) is 4.21. The van der Waals surface area contributed by atoms with Crippen LogP contribution in [0.5, 0.6) is 5.75 Å². The van der Waals surface area contributed by atoms with E-state index in [2.05, 4.69) is 4.98 Å². The van der Waals surface area contributed by atoms with Crippen molar-refractivity contribution in [3.63, 3.8) is 0 Å². The van der Waals surface area contributed by atoms with Crippen LogP contribution < -0.4 is 4.74 Å². The summed E-state index contributed by atoms with van der Waals surface area (Å²) in [5, 5.41) is 1.88. The molecule has 2 heterocycles. The summed E-state index contributed by atoms with van der Waals surface area (Å²) >= 11 is 1.45. The highest BCUT2D eigenvalue weighted by Gasteiger charge is 2.23. The predicted octanol–water partition coefficient (Wildman–Crippen LogP) is 3.15. The van der Waals surface area contributed by atoms with Crippen molar-refractivity contribution < 1.29 is 18.7 Å². The van der Waals surface area contributed by atoms with Gasteiger partial charge in [0.05, 0.1) is 19.9 Å². The molecule has 0 unspecified atom stereocenters. The van der Waals surface area contributed by atoms with E-state index in [1.165, 1.54) is 18.4 Å².